The van der Waals surface area contributed by atoms with Gasteiger partial charge in [-0.1, -0.05) is 13.8 Å². The van der Waals surface area contributed by atoms with Crippen LogP contribution in [0.5, 0.6) is 5.75 Å². The van der Waals surface area contributed by atoms with Crippen LogP contribution >= 0.6 is 0 Å². The Morgan fingerprint density at radius 1 is 1.59 bits per heavy atom. The Morgan fingerprint density at radius 2 is 2.24 bits per heavy atom. The molecule has 1 aliphatic rings. The third-order valence-corrected chi connectivity index (χ3v) is 2.78. The SMILES string of the molecule is CC(C)C1Oc2cc(C(=O)O)n(C)c2NC1=O. The molecule has 0 aliphatic carbocycles. The van der Waals surface area contributed by atoms with E-state index >= 15 is 0 Å². The van der Waals surface area contributed by atoms with E-state index in [0.717, 1.165) is 0 Å². The maximum atomic E-state index is 11.7. The predicted molar refractivity (Wildman–Crippen MR) is 60.3 cm³/mol. The maximum absolute atomic E-state index is 11.7. The van der Waals surface area contributed by atoms with Gasteiger partial charge in [-0.25, -0.2) is 4.79 Å². The van der Waals surface area contributed by atoms with Crippen molar-refractivity contribution < 1.29 is 19.4 Å². The molecule has 0 radical (unpaired) electrons. The van der Waals surface area contributed by atoms with Gasteiger partial charge in [-0.05, 0) is 5.92 Å². The number of carboxylic acid groups (broad SMARTS) is 1. The summed E-state index contributed by atoms with van der Waals surface area (Å²) in [7, 11) is 1.57. The summed E-state index contributed by atoms with van der Waals surface area (Å²) in [6.07, 6.45) is -0.577. The van der Waals surface area contributed by atoms with Crippen LogP contribution in [0.4, 0.5) is 5.82 Å². The lowest BCUT2D eigenvalue weighted by molar-refractivity contribution is -0.125. The topological polar surface area (TPSA) is 80.6 Å². The minimum absolute atomic E-state index is 0.0247. The van der Waals surface area contributed by atoms with E-state index in [4.69, 9.17) is 9.84 Å². The normalized spacial score (nSPS) is 18.6. The number of nitrogens with zero attached hydrogens (tertiary/aromatic N) is 1. The number of fused-ring (bicyclic) bond motifs is 1. The largest absolute Gasteiger partial charge is 0.477 e. The summed E-state index contributed by atoms with van der Waals surface area (Å²) in [4.78, 5) is 22.7. The molecule has 6 heteroatoms. The number of amides is 1. The van der Waals surface area contributed by atoms with Crippen molar-refractivity contribution in [3.63, 3.8) is 0 Å². The average molecular weight is 238 g/mol. The number of hydrogen-bond donors (Lipinski definition) is 2. The van der Waals surface area contributed by atoms with Crippen molar-refractivity contribution in [3.05, 3.63) is 11.8 Å². The highest BCUT2D eigenvalue weighted by Gasteiger charge is 2.33. The first-order valence-electron chi connectivity index (χ1n) is 5.32. The number of aromatic carboxylic acids is 1. The Balaban J connectivity index is 2.43. The molecular formula is C11H14N2O4. The number of carbonyl (C=O) groups is 2. The number of anilines is 1. The van der Waals surface area contributed by atoms with Gasteiger partial charge in [-0.2, -0.15) is 0 Å². The minimum Gasteiger partial charge on any atom is -0.477 e. The van der Waals surface area contributed by atoms with Crippen LogP contribution in [-0.4, -0.2) is 27.7 Å². The molecule has 0 spiro atoms. The van der Waals surface area contributed by atoms with Gasteiger partial charge in [0, 0.05) is 13.1 Å². The molecule has 92 valence electrons. The molecule has 6 nitrogen and oxygen atoms in total. The summed E-state index contributed by atoms with van der Waals surface area (Å²) >= 11 is 0. The van der Waals surface area contributed by atoms with Gasteiger partial charge in [-0.3, -0.25) is 4.79 Å². The molecule has 2 heterocycles. The maximum Gasteiger partial charge on any atom is 0.352 e. The van der Waals surface area contributed by atoms with Crippen molar-refractivity contribution in [2.45, 2.75) is 20.0 Å². The zero-order valence-electron chi connectivity index (χ0n) is 9.85. The fourth-order valence-corrected chi connectivity index (χ4v) is 1.83. The van der Waals surface area contributed by atoms with Gasteiger partial charge in [0.05, 0.1) is 0 Å². The molecule has 1 unspecified atom stereocenters. The number of carbonyl (C=O) groups excluding carboxylic acids is 1. The van der Waals surface area contributed by atoms with Crippen LogP contribution in [0.1, 0.15) is 24.3 Å². The molecule has 0 saturated carbocycles. The Hall–Kier alpha value is -1.98. The quantitative estimate of drug-likeness (QED) is 0.807. The van der Waals surface area contributed by atoms with E-state index in [2.05, 4.69) is 5.32 Å². The van der Waals surface area contributed by atoms with E-state index < -0.39 is 12.1 Å². The number of aromatic nitrogens is 1. The van der Waals surface area contributed by atoms with Gasteiger partial charge < -0.3 is 19.7 Å². The molecular weight excluding hydrogens is 224 g/mol. The predicted octanol–water partition coefficient (Wildman–Crippen LogP) is 1.08. The fourth-order valence-electron chi connectivity index (χ4n) is 1.83. The first-order valence-corrected chi connectivity index (χ1v) is 5.32. The van der Waals surface area contributed by atoms with Crippen LogP contribution in [0, 0.1) is 5.92 Å². The van der Waals surface area contributed by atoms with Crippen molar-refractivity contribution in [1.82, 2.24) is 4.57 Å². The number of carboxylic acids is 1. The smallest absolute Gasteiger partial charge is 0.352 e. The third kappa shape index (κ3) is 1.75. The second-order valence-electron chi connectivity index (χ2n) is 4.38. The first kappa shape index (κ1) is 11.5. The molecule has 1 amide bonds. The van der Waals surface area contributed by atoms with Gasteiger partial charge >= 0.3 is 5.97 Å². The lowest BCUT2D eigenvalue weighted by atomic mass is 10.1. The van der Waals surface area contributed by atoms with Gasteiger partial charge in [0.15, 0.2) is 17.7 Å². The highest BCUT2D eigenvalue weighted by atomic mass is 16.5. The molecule has 1 aromatic rings. The molecule has 0 fully saturated rings. The monoisotopic (exact) mass is 238 g/mol. The second kappa shape index (κ2) is 3.80. The summed E-state index contributed by atoms with van der Waals surface area (Å²) < 4.78 is 6.92. The van der Waals surface area contributed by atoms with Crippen LogP contribution in [0.15, 0.2) is 6.07 Å². The van der Waals surface area contributed by atoms with Crippen LogP contribution in [-0.2, 0) is 11.8 Å². The average Bonchev–Trinajstić information content (AvgIpc) is 2.55. The molecule has 1 aromatic heterocycles. The highest BCUT2D eigenvalue weighted by Crippen LogP contribution is 2.34. The summed E-state index contributed by atoms with van der Waals surface area (Å²) in [5, 5.41) is 11.6. The van der Waals surface area contributed by atoms with Crippen molar-refractivity contribution in [3.8, 4) is 5.75 Å². The molecule has 17 heavy (non-hydrogen) atoms. The second-order valence-corrected chi connectivity index (χ2v) is 4.38. The van der Waals surface area contributed by atoms with E-state index in [9.17, 15) is 9.59 Å². The lowest BCUT2D eigenvalue weighted by Gasteiger charge is -2.26. The molecule has 0 aromatic carbocycles. The van der Waals surface area contributed by atoms with Crippen LogP contribution in [0.2, 0.25) is 0 Å². The van der Waals surface area contributed by atoms with E-state index in [0.29, 0.717) is 11.6 Å². The summed E-state index contributed by atoms with van der Waals surface area (Å²) in [5.74, 6) is -0.476. The Kier molecular flexibility index (Phi) is 2.57. The molecule has 0 saturated heterocycles. The van der Waals surface area contributed by atoms with Gasteiger partial charge in [0.1, 0.15) is 5.69 Å². The highest BCUT2D eigenvalue weighted by molar-refractivity contribution is 5.99. The first-order chi connectivity index (χ1) is 7.91. The van der Waals surface area contributed by atoms with E-state index in [1.54, 1.807) is 7.05 Å². The van der Waals surface area contributed by atoms with Gasteiger partial charge in [0.2, 0.25) is 0 Å². The Labute approximate surface area is 98.2 Å². The number of ether oxygens (including phenoxy) is 1. The molecule has 1 aliphatic heterocycles. The van der Waals surface area contributed by atoms with Gasteiger partial charge in [-0.15, -0.1) is 0 Å². The fraction of sp³-hybridized carbons (Fsp3) is 0.455. The number of rotatable bonds is 2. The van der Waals surface area contributed by atoms with Crippen LogP contribution in [0.25, 0.3) is 0 Å². The summed E-state index contributed by atoms with van der Waals surface area (Å²) in [5.41, 5.74) is 0.0831. The molecule has 1 atom stereocenters. The summed E-state index contributed by atoms with van der Waals surface area (Å²) in [6.45, 7) is 3.74. The third-order valence-electron chi connectivity index (χ3n) is 2.78. The molecule has 2 rings (SSSR count). The van der Waals surface area contributed by atoms with Crippen LogP contribution in [0.3, 0.4) is 0 Å². The number of nitrogens with one attached hydrogen (secondary N) is 1. The van der Waals surface area contributed by atoms with Crippen molar-refractivity contribution in [2.75, 3.05) is 5.32 Å². The molecule has 2 N–H and O–H groups in total. The standard InChI is InChI=1S/C11H14N2O4/c1-5(2)8-10(14)12-9-7(17-8)4-6(11(15)16)13(9)3/h4-5,8H,1-3H3,(H,12,14)(H,15,16). The van der Waals surface area contributed by atoms with E-state index in [-0.39, 0.29) is 17.5 Å². The zero-order chi connectivity index (χ0) is 12.7. The zero-order valence-corrected chi connectivity index (χ0v) is 9.85. The summed E-state index contributed by atoms with van der Waals surface area (Å²) in [6, 6.07) is 1.42. The van der Waals surface area contributed by atoms with Crippen LogP contribution < -0.4 is 10.1 Å². The van der Waals surface area contributed by atoms with E-state index in [1.165, 1.54) is 10.6 Å². The van der Waals surface area contributed by atoms with Crippen molar-refractivity contribution in [2.24, 2.45) is 13.0 Å². The van der Waals surface area contributed by atoms with Crippen molar-refractivity contribution >= 4 is 17.7 Å². The minimum atomic E-state index is -1.05. The Morgan fingerprint density at radius 3 is 2.76 bits per heavy atom. The lowest BCUT2D eigenvalue weighted by Crippen LogP contribution is -2.40. The van der Waals surface area contributed by atoms with Gasteiger partial charge in [0.25, 0.3) is 5.91 Å². The number of hydrogen-bond acceptors (Lipinski definition) is 3. The van der Waals surface area contributed by atoms with Crippen molar-refractivity contribution in [1.29, 1.82) is 0 Å². The molecule has 0 bridgehead atoms. The van der Waals surface area contributed by atoms with E-state index in [1.807, 2.05) is 13.8 Å². The Bertz CT molecular complexity index is 490.